The van der Waals surface area contributed by atoms with E-state index in [2.05, 4.69) is 50.8 Å². The molecule has 0 spiro atoms. The summed E-state index contributed by atoms with van der Waals surface area (Å²) in [5.41, 5.74) is 10.5. The Balaban J connectivity index is 2.22. The van der Waals surface area contributed by atoms with Crippen LogP contribution < -0.4 is 5.73 Å². The van der Waals surface area contributed by atoms with Crippen molar-refractivity contribution >= 4 is 0 Å². The molecule has 0 bridgehead atoms. The van der Waals surface area contributed by atoms with Crippen molar-refractivity contribution in [2.45, 2.75) is 58.5 Å². The predicted molar refractivity (Wildman–Crippen MR) is 82.3 cm³/mol. The third-order valence-corrected chi connectivity index (χ3v) is 4.54. The first-order valence-corrected chi connectivity index (χ1v) is 7.50. The minimum Gasteiger partial charge on any atom is -0.322 e. The Kier molecular flexibility index (Phi) is 4.32. The lowest BCUT2D eigenvalue weighted by atomic mass is 9.85. The predicted octanol–water partition coefficient (Wildman–Crippen LogP) is 3.57. The molecule has 0 amide bonds. The molecular weight excluding hydrogens is 232 g/mol. The standard InChI is InChI=1S/C17H28N2/c1-13-10-14(2)12-15(11-13)16(18)17(3,4)19-8-6-5-7-9-19/h10-12,16H,5-9,18H2,1-4H3. The van der Waals surface area contributed by atoms with Crippen molar-refractivity contribution in [2.24, 2.45) is 5.73 Å². The number of nitrogens with two attached hydrogens (primary N) is 1. The highest BCUT2D eigenvalue weighted by atomic mass is 15.2. The summed E-state index contributed by atoms with van der Waals surface area (Å²) in [6, 6.07) is 6.76. The van der Waals surface area contributed by atoms with Crippen LogP contribution in [0.4, 0.5) is 0 Å². The molecule has 2 heteroatoms. The van der Waals surface area contributed by atoms with Crippen LogP contribution in [0.25, 0.3) is 0 Å². The molecule has 1 fully saturated rings. The third kappa shape index (κ3) is 3.18. The Morgan fingerprint density at radius 3 is 2.05 bits per heavy atom. The lowest BCUT2D eigenvalue weighted by Crippen LogP contribution is -2.53. The molecule has 1 unspecified atom stereocenters. The molecular formula is C17H28N2. The van der Waals surface area contributed by atoms with Gasteiger partial charge in [-0.3, -0.25) is 4.90 Å². The first-order chi connectivity index (χ1) is 8.91. The fraction of sp³-hybridized carbons (Fsp3) is 0.647. The van der Waals surface area contributed by atoms with Gasteiger partial charge in [-0.15, -0.1) is 0 Å². The lowest BCUT2D eigenvalue weighted by Gasteiger charge is -2.45. The Hall–Kier alpha value is -0.860. The molecule has 1 heterocycles. The number of benzene rings is 1. The van der Waals surface area contributed by atoms with Crippen molar-refractivity contribution < 1.29 is 0 Å². The minimum atomic E-state index is 0.0284. The van der Waals surface area contributed by atoms with Gasteiger partial charge in [-0.25, -0.2) is 0 Å². The second-order valence-corrected chi connectivity index (χ2v) is 6.60. The van der Waals surface area contributed by atoms with Crippen LogP contribution >= 0.6 is 0 Å². The van der Waals surface area contributed by atoms with E-state index in [1.165, 1.54) is 49.0 Å². The van der Waals surface area contributed by atoms with Gasteiger partial charge >= 0.3 is 0 Å². The molecule has 106 valence electrons. The summed E-state index contributed by atoms with van der Waals surface area (Å²) in [5.74, 6) is 0. The average Bonchev–Trinajstić information content (AvgIpc) is 2.37. The second-order valence-electron chi connectivity index (χ2n) is 6.60. The van der Waals surface area contributed by atoms with Gasteiger partial charge in [0, 0.05) is 11.6 Å². The summed E-state index contributed by atoms with van der Waals surface area (Å²) in [5, 5.41) is 0. The largest absolute Gasteiger partial charge is 0.322 e. The van der Waals surface area contributed by atoms with E-state index in [0.29, 0.717) is 0 Å². The number of nitrogens with zero attached hydrogens (tertiary/aromatic N) is 1. The van der Waals surface area contributed by atoms with E-state index >= 15 is 0 Å². The summed E-state index contributed by atoms with van der Waals surface area (Å²) in [4.78, 5) is 2.57. The lowest BCUT2D eigenvalue weighted by molar-refractivity contribution is 0.0729. The Bertz CT molecular complexity index is 411. The average molecular weight is 260 g/mol. The zero-order valence-electron chi connectivity index (χ0n) is 12.9. The van der Waals surface area contributed by atoms with E-state index in [9.17, 15) is 0 Å². The van der Waals surface area contributed by atoms with E-state index in [0.717, 1.165) is 0 Å². The van der Waals surface area contributed by atoms with Crippen molar-refractivity contribution in [1.29, 1.82) is 0 Å². The highest BCUT2D eigenvalue weighted by Gasteiger charge is 2.34. The summed E-state index contributed by atoms with van der Waals surface area (Å²) in [7, 11) is 0. The number of aryl methyl sites for hydroxylation is 2. The second kappa shape index (κ2) is 5.64. The third-order valence-electron chi connectivity index (χ3n) is 4.54. The molecule has 2 N–H and O–H groups in total. The van der Waals surface area contributed by atoms with Crippen molar-refractivity contribution in [3.8, 4) is 0 Å². The molecule has 0 saturated carbocycles. The molecule has 0 radical (unpaired) electrons. The number of hydrogen-bond acceptors (Lipinski definition) is 2. The fourth-order valence-electron chi connectivity index (χ4n) is 3.26. The smallest absolute Gasteiger partial charge is 0.0476 e. The van der Waals surface area contributed by atoms with E-state index < -0.39 is 0 Å². The van der Waals surface area contributed by atoms with Crippen LogP contribution in [0.1, 0.15) is 55.8 Å². The van der Waals surface area contributed by atoms with Crippen LogP contribution in [0.15, 0.2) is 18.2 Å². The molecule has 1 aromatic rings. The van der Waals surface area contributed by atoms with Gasteiger partial charge in [0.2, 0.25) is 0 Å². The summed E-state index contributed by atoms with van der Waals surface area (Å²) >= 11 is 0. The maximum atomic E-state index is 6.60. The highest BCUT2D eigenvalue weighted by molar-refractivity contribution is 5.32. The van der Waals surface area contributed by atoms with E-state index in [1.54, 1.807) is 0 Å². The maximum Gasteiger partial charge on any atom is 0.0476 e. The zero-order valence-corrected chi connectivity index (χ0v) is 12.9. The monoisotopic (exact) mass is 260 g/mol. The Labute approximate surface area is 118 Å². The van der Waals surface area contributed by atoms with Crippen LogP contribution in [-0.4, -0.2) is 23.5 Å². The molecule has 1 atom stereocenters. The SMILES string of the molecule is Cc1cc(C)cc(C(N)C(C)(C)N2CCCCC2)c1. The number of rotatable bonds is 3. The van der Waals surface area contributed by atoms with Crippen LogP contribution in [0.3, 0.4) is 0 Å². The first-order valence-electron chi connectivity index (χ1n) is 7.50. The Morgan fingerprint density at radius 1 is 1.00 bits per heavy atom. The van der Waals surface area contributed by atoms with Crippen molar-refractivity contribution in [3.63, 3.8) is 0 Å². The van der Waals surface area contributed by atoms with E-state index in [1.807, 2.05) is 0 Å². The topological polar surface area (TPSA) is 29.3 Å². The fourth-order valence-corrected chi connectivity index (χ4v) is 3.26. The Morgan fingerprint density at radius 2 is 1.53 bits per heavy atom. The van der Waals surface area contributed by atoms with E-state index in [-0.39, 0.29) is 11.6 Å². The van der Waals surface area contributed by atoms with Crippen LogP contribution in [-0.2, 0) is 0 Å². The van der Waals surface area contributed by atoms with Gasteiger partial charge in [-0.05, 0) is 59.2 Å². The number of piperidine rings is 1. The molecule has 1 saturated heterocycles. The summed E-state index contributed by atoms with van der Waals surface area (Å²) < 4.78 is 0. The van der Waals surface area contributed by atoms with Crippen LogP contribution in [0.5, 0.6) is 0 Å². The first kappa shape index (κ1) is 14.5. The zero-order chi connectivity index (χ0) is 14.0. The highest BCUT2D eigenvalue weighted by Crippen LogP contribution is 2.32. The van der Waals surface area contributed by atoms with Crippen LogP contribution in [0.2, 0.25) is 0 Å². The van der Waals surface area contributed by atoms with Gasteiger partial charge < -0.3 is 5.73 Å². The molecule has 1 aliphatic heterocycles. The normalized spacial score (nSPS) is 19.4. The minimum absolute atomic E-state index is 0.0284. The van der Waals surface area contributed by atoms with Crippen molar-refractivity contribution in [2.75, 3.05) is 13.1 Å². The van der Waals surface area contributed by atoms with Gasteiger partial charge in [-0.2, -0.15) is 0 Å². The van der Waals surface area contributed by atoms with Gasteiger partial charge in [0.1, 0.15) is 0 Å². The maximum absolute atomic E-state index is 6.60. The van der Waals surface area contributed by atoms with Gasteiger partial charge in [-0.1, -0.05) is 35.7 Å². The van der Waals surface area contributed by atoms with Gasteiger partial charge in [0.15, 0.2) is 0 Å². The molecule has 0 aliphatic carbocycles. The molecule has 19 heavy (non-hydrogen) atoms. The number of hydrogen-bond donors (Lipinski definition) is 1. The quantitative estimate of drug-likeness (QED) is 0.900. The summed E-state index contributed by atoms with van der Waals surface area (Å²) in [6.45, 7) is 11.3. The van der Waals surface area contributed by atoms with Crippen LogP contribution in [0, 0.1) is 13.8 Å². The molecule has 2 rings (SSSR count). The van der Waals surface area contributed by atoms with E-state index in [4.69, 9.17) is 5.73 Å². The molecule has 2 nitrogen and oxygen atoms in total. The molecule has 1 aliphatic rings. The number of likely N-dealkylation sites (tertiary alicyclic amines) is 1. The van der Waals surface area contributed by atoms with Crippen molar-refractivity contribution in [1.82, 2.24) is 4.90 Å². The van der Waals surface area contributed by atoms with Gasteiger partial charge in [0.25, 0.3) is 0 Å². The van der Waals surface area contributed by atoms with Crippen molar-refractivity contribution in [3.05, 3.63) is 34.9 Å². The molecule has 0 aromatic heterocycles. The summed E-state index contributed by atoms with van der Waals surface area (Å²) in [6.07, 6.45) is 3.98. The molecule has 1 aromatic carbocycles. The van der Waals surface area contributed by atoms with Gasteiger partial charge in [0.05, 0.1) is 0 Å².